The lowest BCUT2D eigenvalue weighted by Crippen LogP contribution is -2.18. The minimum absolute atomic E-state index is 0.197. The Morgan fingerprint density at radius 1 is 1.26 bits per heavy atom. The van der Waals surface area contributed by atoms with Crippen LogP contribution in [0.15, 0.2) is 39.9 Å². The van der Waals surface area contributed by atoms with Crippen molar-refractivity contribution >= 4 is 51.3 Å². The van der Waals surface area contributed by atoms with Gasteiger partial charge in [-0.3, -0.25) is 4.79 Å². The number of hydrogen-bond acceptors (Lipinski definition) is 5. The fourth-order valence-corrected chi connectivity index (χ4v) is 3.16. The van der Waals surface area contributed by atoms with Crippen LogP contribution in [0.4, 0.5) is 0 Å². The molecule has 1 heterocycles. The molecule has 6 nitrogen and oxygen atoms in total. The van der Waals surface area contributed by atoms with E-state index in [9.17, 15) is 4.79 Å². The van der Waals surface area contributed by atoms with E-state index in [-0.39, 0.29) is 19.1 Å². The molecule has 1 aliphatic heterocycles. The second kappa shape index (κ2) is 9.30. The number of fused-ring (bicyclic) bond motifs is 1. The number of carbonyl (C=O) groups is 1. The largest absolute Gasteiger partial charge is 0.492 e. The summed E-state index contributed by atoms with van der Waals surface area (Å²) in [5, 5.41) is 4.94. The Labute approximate surface area is 174 Å². The molecule has 0 fully saturated rings. The third-order valence-corrected chi connectivity index (χ3v) is 4.80. The number of amides is 1. The van der Waals surface area contributed by atoms with Crippen LogP contribution in [0.25, 0.3) is 0 Å². The molecule has 27 heavy (non-hydrogen) atoms. The highest BCUT2D eigenvalue weighted by Crippen LogP contribution is 2.36. The highest BCUT2D eigenvalue weighted by Gasteiger charge is 2.15. The highest BCUT2D eigenvalue weighted by atomic mass is 79.9. The van der Waals surface area contributed by atoms with Crippen LogP contribution in [0.2, 0.25) is 10.0 Å². The summed E-state index contributed by atoms with van der Waals surface area (Å²) in [4.78, 5) is 11.8. The number of carbonyl (C=O) groups excluding carboxylic acids is 1. The fraction of sp³-hybridized carbons (Fsp3) is 0.222. The molecular formula is C18H15BrCl2N2O4. The van der Waals surface area contributed by atoms with Crippen molar-refractivity contribution in [1.29, 1.82) is 0 Å². The van der Waals surface area contributed by atoms with E-state index in [1.54, 1.807) is 30.3 Å². The van der Waals surface area contributed by atoms with Gasteiger partial charge in [-0.05, 0) is 52.7 Å². The summed E-state index contributed by atoms with van der Waals surface area (Å²) in [7, 11) is 0. The molecule has 0 aromatic heterocycles. The summed E-state index contributed by atoms with van der Waals surface area (Å²) in [5.74, 6) is 1.63. The van der Waals surface area contributed by atoms with E-state index in [0.29, 0.717) is 40.3 Å². The van der Waals surface area contributed by atoms with Gasteiger partial charge >= 0.3 is 0 Å². The number of hydrogen-bond donors (Lipinski definition) is 1. The van der Waals surface area contributed by atoms with Gasteiger partial charge in [0.1, 0.15) is 5.75 Å². The summed E-state index contributed by atoms with van der Waals surface area (Å²) in [6.45, 7) is 0.550. The summed E-state index contributed by atoms with van der Waals surface area (Å²) in [6.07, 6.45) is 2.33. The molecule has 2 aromatic rings. The van der Waals surface area contributed by atoms with Crippen LogP contribution < -0.4 is 19.6 Å². The van der Waals surface area contributed by atoms with Crippen LogP contribution in [-0.4, -0.2) is 25.5 Å². The van der Waals surface area contributed by atoms with Crippen molar-refractivity contribution in [1.82, 2.24) is 5.43 Å². The first-order valence-corrected chi connectivity index (χ1v) is 9.57. The summed E-state index contributed by atoms with van der Waals surface area (Å²) < 4.78 is 16.9. The second-order valence-electron chi connectivity index (χ2n) is 5.55. The Hall–Kier alpha value is -1.96. The topological polar surface area (TPSA) is 69.2 Å². The molecule has 0 unspecified atom stereocenters. The van der Waals surface area contributed by atoms with Gasteiger partial charge in [0.25, 0.3) is 0 Å². The Kier molecular flexibility index (Phi) is 6.82. The molecule has 9 heteroatoms. The van der Waals surface area contributed by atoms with Crippen molar-refractivity contribution in [2.75, 3.05) is 13.4 Å². The summed E-state index contributed by atoms with van der Waals surface area (Å²) >= 11 is 15.3. The lowest BCUT2D eigenvalue weighted by atomic mass is 10.2. The normalized spacial score (nSPS) is 12.4. The van der Waals surface area contributed by atoms with E-state index >= 15 is 0 Å². The predicted molar refractivity (Wildman–Crippen MR) is 107 cm³/mol. The molecule has 1 N–H and O–H groups in total. The maximum absolute atomic E-state index is 11.8. The second-order valence-corrected chi connectivity index (χ2v) is 7.24. The van der Waals surface area contributed by atoms with Crippen molar-refractivity contribution < 1.29 is 19.0 Å². The Balaban J connectivity index is 1.41. The molecule has 1 amide bonds. The number of nitrogens with one attached hydrogen (secondary N) is 1. The van der Waals surface area contributed by atoms with E-state index in [1.807, 2.05) is 0 Å². The van der Waals surface area contributed by atoms with Crippen molar-refractivity contribution in [2.24, 2.45) is 5.10 Å². The maximum atomic E-state index is 11.8. The average Bonchev–Trinajstić information content (AvgIpc) is 3.07. The lowest BCUT2D eigenvalue weighted by molar-refractivity contribution is -0.121. The van der Waals surface area contributed by atoms with E-state index in [0.717, 1.165) is 10.0 Å². The van der Waals surface area contributed by atoms with Crippen LogP contribution in [0.5, 0.6) is 17.2 Å². The van der Waals surface area contributed by atoms with Crippen molar-refractivity contribution in [3.63, 3.8) is 0 Å². The van der Waals surface area contributed by atoms with Crippen LogP contribution in [-0.2, 0) is 4.79 Å². The molecule has 0 aliphatic carbocycles. The molecule has 0 radical (unpaired) electrons. The zero-order valence-electron chi connectivity index (χ0n) is 14.0. The van der Waals surface area contributed by atoms with Gasteiger partial charge < -0.3 is 14.2 Å². The first kappa shape index (κ1) is 19.8. The molecule has 0 saturated heterocycles. The summed E-state index contributed by atoms with van der Waals surface area (Å²) in [5.41, 5.74) is 3.25. The number of rotatable bonds is 7. The molecule has 3 rings (SSSR count). The van der Waals surface area contributed by atoms with E-state index < -0.39 is 0 Å². The zero-order chi connectivity index (χ0) is 19.2. The molecule has 142 valence electrons. The van der Waals surface area contributed by atoms with Gasteiger partial charge in [-0.25, -0.2) is 5.43 Å². The Morgan fingerprint density at radius 2 is 2.04 bits per heavy atom. The first-order chi connectivity index (χ1) is 13.0. The van der Waals surface area contributed by atoms with Gasteiger partial charge in [0.15, 0.2) is 11.5 Å². The monoisotopic (exact) mass is 472 g/mol. The van der Waals surface area contributed by atoms with E-state index in [4.69, 9.17) is 37.4 Å². The summed E-state index contributed by atoms with van der Waals surface area (Å²) in [6, 6.07) is 8.57. The maximum Gasteiger partial charge on any atom is 0.240 e. The molecule has 0 saturated carbocycles. The molecular weight excluding hydrogens is 459 g/mol. The predicted octanol–water partition coefficient (Wildman–Crippen LogP) is 4.79. The average molecular weight is 474 g/mol. The Morgan fingerprint density at radius 3 is 2.81 bits per heavy atom. The highest BCUT2D eigenvalue weighted by molar-refractivity contribution is 9.10. The smallest absolute Gasteiger partial charge is 0.240 e. The van der Waals surface area contributed by atoms with Gasteiger partial charge in [0, 0.05) is 21.5 Å². The van der Waals surface area contributed by atoms with Crippen molar-refractivity contribution in [3.8, 4) is 17.2 Å². The number of halogens is 3. The van der Waals surface area contributed by atoms with Gasteiger partial charge in [-0.2, -0.15) is 5.10 Å². The first-order valence-electron chi connectivity index (χ1n) is 8.02. The van der Waals surface area contributed by atoms with Crippen LogP contribution >= 0.6 is 39.1 Å². The molecule has 2 aromatic carbocycles. The zero-order valence-corrected chi connectivity index (χ0v) is 17.1. The van der Waals surface area contributed by atoms with Crippen LogP contribution in [0.1, 0.15) is 18.4 Å². The van der Waals surface area contributed by atoms with Gasteiger partial charge in [0.2, 0.25) is 12.7 Å². The lowest BCUT2D eigenvalue weighted by Gasteiger charge is -2.07. The minimum Gasteiger partial charge on any atom is -0.492 e. The van der Waals surface area contributed by atoms with Gasteiger partial charge in [-0.15, -0.1) is 0 Å². The minimum atomic E-state index is -0.214. The van der Waals surface area contributed by atoms with Crippen molar-refractivity contribution in [2.45, 2.75) is 12.8 Å². The number of benzene rings is 2. The molecule has 0 bridgehead atoms. The van der Waals surface area contributed by atoms with E-state index in [2.05, 4.69) is 26.5 Å². The number of ether oxygens (including phenoxy) is 3. The fourth-order valence-electron chi connectivity index (χ4n) is 2.27. The third kappa shape index (κ3) is 5.51. The SMILES string of the molecule is O=C(CCCOc1ccc(Cl)cc1Cl)NN=Cc1cc2c(cc1Br)OCO2. The van der Waals surface area contributed by atoms with Crippen LogP contribution in [0.3, 0.4) is 0 Å². The van der Waals surface area contributed by atoms with Gasteiger partial charge in [0.05, 0.1) is 17.8 Å². The van der Waals surface area contributed by atoms with Gasteiger partial charge in [-0.1, -0.05) is 23.2 Å². The number of hydrazone groups is 1. The number of nitrogens with zero attached hydrogens (tertiary/aromatic N) is 1. The third-order valence-electron chi connectivity index (χ3n) is 3.58. The van der Waals surface area contributed by atoms with Crippen molar-refractivity contribution in [3.05, 3.63) is 50.4 Å². The molecule has 0 atom stereocenters. The standard InChI is InChI=1S/C18H15BrCl2N2O4/c19-13-8-17-16(26-10-27-17)6-11(13)9-22-23-18(24)2-1-5-25-15-4-3-12(20)7-14(15)21/h3-4,6-9H,1-2,5,10H2,(H,23,24). The Bertz CT molecular complexity index is 877. The van der Waals surface area contributed by atoms with Crippen LogP contribution in [0, 0.1) is 0 Å². The molecule has 0 spiro atoms. The quantitative estimate of drug-likeness (QED) is 0.356. The molecule has 1 aliphatic rings. The van der Waals surface area contributed by atoms with E-state index in [1.165, 1.54) is 6.21 Å².